The lowest BCUT2D eigenvalue weighted by molar-refractivity contribution is -0.123. The summed E-state index contributed by atoms with van der Waals surface area (Å²) in [6.45, 7) is 2.01. The van der Waals surface area contributed by atoms with Crippen LogP contribution in [0.2, 0.25) is 0 Å². The van der Waals surface area contributed by atoms with Crippen LogP contribution in [0, 0.1) is 5.92 Å². The second kappa shape index (κ2) is 6.41. The Kier molecular flexibility index (Phi) is 4.09. The minimum atomic E-state index is -0.799. The van der Waals surface area contributed by atoms with E-state index in [2.05, 4.69) is 17.4 Å². The average Bonchev–Trinajstić information content (AvgIpc) is 3.31. The Morgan fingerprint density at radius 3 is 2.72 bits per heavy atom. The molecular weight excluding hydrogens is 318 g/mol. The van der Waals surface area contributed by atoms with Crippen LogP contribution in [0.25, 0.3) is 0 Å². The summed E-state index contributed by atoms with van der Waals surface area (Å²) in [6, 6.07) is 15.0. The fraction of sp³-hybridized carbons (Fsp3) is 0.350. The van der Waals surface area contributed by atoms with Crippen LogP contribution in [0.15, 0.2) is 48.5 Å². The van der Waals surface area contributed by atoms with E-state index in [1.54, 1.807) is 18.2 Å². The molecular formula is C20H21NO4. The Balaban J connectivity index is 1.37. The number of rotatable bonds is 5. The number of aliphatic hydroxyl groups is 1. The smallest absolute Gasteiger partial charge is 0.231 e. The SMILES string of the molecule is C[C@H](NC(=O)[C@H]1C[C@@H]1c1ccccc1)[C@H](O)c1ccc2c(c1)OCO2. The number of amides is 1. The fourth-order valence-corrected chi connectivity index (χ4v) is 3.35. The van der Waals surface area contributed by atoms with Crippen LogP contribution in [0.5, 0.6) is 11.5 Å². The average molecular weight is 339 g/mol. The fourth-order valence-electron chi connectivity index (χ4n) is 3.35. The monoisotopic (exact) mass is 339 g/mol. The van der Waals surface area contributed by atoms with Crippen LogP contribution in [-0.4, -0.2) is 23.8 Å². The Morgan fingerprint density at radius 2 is 1.92 bits per heavy atom. The quantitative estimate of drug-likeness (QED) is 0.879. The van der Waals surface area contributed by atoms with Crippen LogP contribution >= 0.6 is 0 Å². The van der Waals surface area contributed by atoms with Crippen molar-refractivity contribution in [3.05, 3.63) is 59.7 Å². The standard InChI is InChI=1S/C20H21NO4/c1-12(19(22)14-7-8-17-18(9-14)25-11-24-17)21-20(23)16-10-15(16)13-5-3-2-4-6-13/h2-9,12,15-16,19,22H,10-11H2,1H3,(H,21,23)/t12-,15+,16-,19-/m0/s1. The molecule has 0 radical (unpaired) electrons. The molecule has 4 rings (SSSR count). The second-order valence-electron chi connectivity index (χ2n) is 6.71. The summed E-state index contributed by atoms with van der Waals surface area (Å²) in [7, 11) is 0. The van der Waals surface area contributed by atoms with Gasteiger partial charge in [-0.1, -0.05) is 36.4 Å². The Morgan fingerprint density at radius 1 is 1.16 bits per heavy atom. The number of carbonyl (C=O) groups excluding carboxylic acids is 1. The first-order valence-corrected chi connectivity index (χ1v) is 8.56. The van der Waals surface area contributed by atoms with Crippen molar-refractivity contribution in [2.24, 2.45) is 5.92 Å². The number of hydrogen-bond donors (Lipinski definition) is 2. The van der Waals surface area contributed by atoms with E-state index in [1.165, 1.54) is 5.56 Å². The van der Waals surface area contributed by atoms with E-state index in [0.29, 0.717) is 17.1 Å². The lowest BCUT2D eigenvalue weighted by atomic mass is 10.0. The minimum Gasteiger partial charge on any atom is -0.454 e. The van der Waals surface area contributed by atoms with Gasteiger partial charge in [0.05, 0.1) is 12.1 Å². The highest BCUT2D eigenvalue weighted by atomic mass is 16.7. The van der Waals surface area contributed by atoms with Crippen molar-refractivity contribution in [2.45, 2.75) is 31.4 Å². The van der Waals surface area contributed by atoms with Crippen LogP contribution in [0.1, 0.15) is 36.5 Å². The third-order valence-electron chi connectivity index (χ3n) is 4.94. The van der Waals surface area contributed by atoms with E-state index < -0.39 is 6.10 Å². The van der Waals surface area contributed by atoms with Gasteiger partial charge in [0.2, 0.25) is 12.7 Å². The van der Waals surface area contributed by atoms with Crippen molar-refractivity contribution in [2.75, 3.05) is 6.79 Å². The van der Waals surface area contributed by atoms with Crippen molar-refractivity contribution in [3.8, 4) is 11.5 Å². The highest BCUT2D eigenvalue weighted by Gasteiger charge is 2.44. The number of fused-ring (bicyclic) bond motifs is 1. The highest BCUT2D eigenvalue weighted by Crippen LogP contribution is 2.47. The van der Waals surface area contributed by atoms with E-state index in [9.17, 15) is 9.90 Å². The minimum absolute atomic E-state index is 0.00106. The zero-order valence-corrected chi connectivity index (χ0v) is 14.0. The van der Waals surface area contributed by atoms with Gasteiger partial charge < -0.3 is 19.9 Å². The van der Waals surface area contributed by atoms with Gasteiger partial charge in [-0.05, 0) is 42.5 Å². The van der Waals surface area contributed by atoms with Gasteiger partial charge in [0, 0.05) is 5.92 Å². The van der Waals surface area contributed by atoms with E-state index in [-0.39, 0.29) is 30.6 Å². The largest absolute Gasteiger partial charge is 0.454 e. The number of carbonyl (C=O) groups is 1. The summed E-state index contributed by atoms with van der Waals surface area (Å²) in [5.41, 5.74) is 1.90. The van der Waals surface area contributed by atoms with Crippen molar-refractivity contribution in [3.63, 3.8) is 0 Å². The molecule has 0 unspecified atom stereocenters. The normalized spacial score (nSPS) is 23.0. The maximum absolute atomic E-state index is 12.5. The van der Waals surface area contributed by atoms with E-state index in [0.717, 1.165) is 6.42 Å². The van der Waals surface area contributed by atoms with Gasteiger partial charge in [-0.25, -0.2) is 0 Å². The summed E-state index contributed by atoms with van der Waals surface area (Å²) >= 11 is 0. The molecule has 1 aliphatic carbocycles. The molecule has 0 bridgehead atoms. The molecule has 1 amide bonds. The molecule has 1 saturated carbocycles. The summed E-state index contributed by atoms with van der Waals surface area (Å²) < 4.78 is 10.6. The predicted octanol–water partition coefficient (Wildman–Crippen LogP) is 2.76. The number of nitrogens with one attached hydrogen (secondary N) is 1. The summed E-state index contributed by atoms with van der Waals surface area (Å²) in [4.78, 5) is 12.5. The third kappa shape index (κ3) is 3.20. The van der Waals surface area contributed by atoms with Gasteiger partial charge >= 0.3 is 0 Å². The van der Waals surface area contributed by atoms with E-state index >= 15 is 0 Å². The number of benzene rings is 2. The Labute approximate surface area is 146 Å². The van der Waals surface area contributed by atoms with Gasteiger partial charge in [0.1, 0.15) is 0 Å². The van der Waals surface area contributed by atoms with Crippen LogP contribution in [0.3, 0.4) is 0 Å². The molecule has 2 aromatic rings. The van der Waals surface area contributed by atoms with Crippen LogP contribution < -0.4 is 14.8 Å². The molecule has 2 aliphatic rings. The van der Waals surface area contributed by atoms with Gasteiger partial charge in [0.25, 0.3) is 0 Å². The van der Waals surface area contributed by atoms with E-state index in [4.69, 9.17) is 9.47 Å². The number of aliphatic hydroxyl groups excluding tert-OH is 1. The summed E-state index contributed by atoms with van der Waals surface area (Å²) in [5, 5.41) is 13.5. The van der Waals surface area contributed by atoms with Crippen LogP contribution in [0.4, 0.5) is 0 Å². The van der Waals surface area contributed by atoms with Crippen molar-refractivity contribution >= 4 is 5.91 Å². The van der Waals surface area contributed by atoms with Gasteiger partial charge in [-0.3, -0.25) is 4.79 Å². The summed E-state index contributed by atoms with van der Waals surface area (Å²) in [5.74, 6) is 1.59. The van der Waals surface area contributed by atoms with Gasteiger partial charge in [-0.15, -0.1) is 0 Å². The zero-order chi connectivity index (χ0) is 17.4. The third-order valence-corrected chi connectivity index (χ3v) is 4.94. The first kappa shape index (κ1) is 16.0. The molecule has 2 N–H and O–H groups in total. The zero-order valence-electron chi connectivity index (χ0n) is 14.0. The lowest BCUT2D eigenvalue weighted by Gasteiger charge is -2.21. The molecule has 130 valence electrons. The van der Waals surface area contributed by atoms with Crippen molar-refractivity contribution in [1.82, 2.24) is 5.32 Å². The molecule has 25 heavy (non-hydrogen) atoms. The molecule has 5 nitrogen and oxygen atoms in total. The Hall–Kier alpha value is -2.53. The van der Waals surface area contributed by atoms with Gasteiger partial charge in [-0.2, -0.15) is 0 Å². The first-order chi connectivity index (χ1) is 12.1. The number of hydrogen-bond acceptors (Lipinski definition) is 4. The maximum Gasteiger partial charge on any atom is 0.231 e. The van der Waals surface area contributed by atoms with Crippen molar-refractivity contribution in [1.29, 1.82) is 0 Å². The van der Waals surface area contributed by atoms with E-state index in [1.807, 2.05) is 25.1 Å². The lowest BCUT2D eigenvalue weighted by Crippen LogP contribution is -2.38. The first-order valence-electron chi connectivity index (χ1n) is 8.56. The molecule has 0 aromatic heterocycles. The Bertz CT molecular complexity index is 777. The van der Waals surface area contributed by atoms with Crippen LogP contribution in [-0.2, 0) is 4.79 Å². The predicted molar refractivity (Wildman–Crippen MR) is 92.4 cm³/mol. The maximum atomic E-state index is 12.5. The topological polar surface area (TPSA) is 67.8 Å². The molecule has 2 aromatic carbocycles. The molecule has 0 saturated heterocycles. The molecule has 0 spiro atoms. The second-order valence-corrected chi connectivity index (χ2v) is 6.71. The molecule has 1 aliphatic heterocycles. The molecule has 1 heterocycles. The molecule has 5 heteroatoms. The summed E-state index contributed by atoms with van der Waals surface area (Å²) in [6.07, 6.45) is 0.0650. The van der Waals surface area contributed by atoms with Gasteiger partial charge in [0.15, 0.2) is 11.5 Å². The highest BCUT2D eigenvalue weighted by molar-refractivity contribution is 5.83. The molecule has 1 fully saturated rings. The molecule has 4 atom stereocenters. The number of ether oxygens (including phenoxy) is 2. The van der Waals surface area contributed by atoms with Crippen molar-refractivity contribution < 1.29 is 19.4 Å².